The molecular formula is C52H57NO16. The zero-order valence-corrected chi connectivity index (χ0v) is 39.4. The monoisotopic (exact) mass is 951 g/mol. The molecular weight excluding hydrogens is 895 g/mol. The lowest BCUT2D eigenvalue weighted by atomic mass is 9.44. The van der Waals surface area contributed by atoms with Gasteiger partial charge in [-0.15, -0.1) is 0 Å². The van der Waals surface area contributed by atoms with Gasteiger partial charge in [0.2, 0.25) is 6.10 Å². The number of aliphatic hydroxyl groups excluding tert-OH is 1. The summed E-state index contributed by atoms with van der Waals surface area (Å²) < 4.78 is 36.5. The van der Waals surface area contributed by atoms with Crippen LogP contribution in [0.3, 0.4) is 0 Å². The van der Waals surface area contributed by atoms with E-state index in [1.54, 1.807) is 66.7 Å². The molecule has 2 bridgehead atoms. The molecule has 3 aromatic carbocycles. The molecule has 0 aromatic heterocycles. The molecule has 1 saturated heterocycles. The molecule has 11 atom stereocenters. The summed E-state index contributed by atoms with van der Waals surface area (Å²) in [5.74, 6) is -8.43. The normalized spacial score (nSPS) is 29.7. The molecule has 4 aliphatic rings. The predicted octanol–water partition coefficient (Wildman–Crippen LogP) is 4.66. The summed E-state index contributed by atoms with van der Waals surface area (Å²) in [6.45, 7) is 9.09. The van der Waals surface area contributed by atoms with Gasteiger partial charge < -0.3 is 48.7 Å². The smallest absolute Gasteiger partial charge is 0.350 e. The largest absolute Gasteiger partial charge is 0.455 e. The van der Waals surface area contributed by atoms with E-state index in [2.05, 4.69) is 5.32 Å². The third-order valence-corrected chi connectivity index (χ3v) is 14.4. The van der Waals surface area contributed by atoms with Crippen LogP contribution in [0.25, 0.3) is 0 Å². The van der Waals surface area contributed by atoms with Crippen LogP contribution >= 0.6 is 0 Å². The van der Waals surface area contributed by atoms with Crippen molar-refractivity contribution in [1.82, 2.24) is 5.32 Å². The Balaban J connectivity index is 1.42. The minimum atomic E-state index is -2.47. The van der Waals surface area contributed by atoms with Crippen LogP contribution in [0.5, 0.6) is 0 Å². The Labute approximate surface area is 398 Å². The van der Waals surface area contributed by atoms with E-state index in [-0.39, 0.29) is 47.5 Å². The molecule has 0 spiro atoms. The van der Waals surface area contributed by atoms with Crippen molar-refractivity contribution >= 4 is 47.3 Å². The van der Waals surface area contributed by atoms with E-state index in [0.717, 1.165) is 13.8 Å². The third-order valence-electron chi connectivity index (χ3n) is 14.4. The van der Waals surface area contributed by atoms with Crippen LogP contribution in [-0.4, -0.2) is 112 Å². The highest BCUT2D eigenvalue weighted by atomic mass is 16.6. The van der Waals surface area contributed by atoms with Crippen molar-refractivity contribution < 1.29 is 77.0 Å². The summed E-state index contributed by atoms with van der Waals surface area (Å²) in [6, 6.07) is 22.5. The molecule has 3 N–H and O–H groups in total. The first-order chi connectivity index (χ1) is 32.6. The Bertz CT molecular complexity index is 2540. The van der Waals surface area contributed by atoms with Gasteiger partial charge in [-0.3, -0.25) is 24.0 Å². The molecule has 366 valence electrons. The summed E-state index contributed by atoms with van der Waals surface area (Å²) in [5, 5.41) is 28.9. The lowest BCUT2D eigenvalue weighted by molar-refractivity contribution is -0.346. The molecule has 1 amide bonds. The topological polar surface area (TPSA) is 244 Å². The van der Waals surface area contributed by atoms with Crippen molar-refractivity contribution in [2.45, 2.75) is 128 Å². The minimum absolute atomic E-state index is 0.0377. The summed E-state index contributed by atoms with van der Waals surface area (Å²) in [4.78, 5) is 111. The predicted molar refractivity (Wildman–Crippen MR) is 241 cm³/mol. The summed E-state index contributed by atoms with van der Waals surface area (Å²) in [5.41, 5.74) is -7.52. The van der Waals surface area contributed by atoms with Gasteiger partial charge in [0.15, 0.2) is 17.5 Å². The molecule has 3 fully saturated rings. The van der Waals surface area contributed by atoms with Gasteiger partial charge in [0.25, 0.3) is 5.91 Å². The summed E-state index contributed by atoms with van der Waals surface area (Å²) in [6.07, 6.45) is -11.5. The van der Waals surface area contributed by atoms with Gasteiger partial charge in [0.05, 0.1) is 36.0 Å². The maximum Gasteiger partial charge on any atom is 0.350 e. The third kappa shape index (κ3) is 9.22. The molecule has 7 rings (SSSR count). The standard InChI is InChI=1S/C52H57NO16/c1-28(54)23-24-38(58)67-42(40(32-17-11-8-12-18-32)53-46(60)33-19-13-9-14-20-33)48(62)66-35-26-52(63)45(68-47(61)34-21-15-10-16-22-34)43-50(7,36(57)25-37-51(43,27-64-37)69-31(4)56)44(59)41(65-30(3)55)39(29(35)2)49(52,5)6/h8-22,35-37,40-43,45,57,63H,23-27H2,1-7H3,(H,53,60)/t35-,36-,37+,40-,41+,42+,43-,45-,50+,51-,52+/m0/s1. The molecule has 17 nitrogen and oxygen atoms in total. The highest BCUT2D eigenvalue weighted by molar-refractivity contribution is 5.96. The van der Waals surface area contributed by atoms with Gasteiger partial charge >= 0.3 is 29.8 Å². The number of rotatable bonds is 14. The van der Waals surface area contributed by atoms with Gasteiger partial charge in [-0.25, -0.2) is 9.59 Å². The lowest BCUT2D eigenvalue weighted by Gasteiger charge is -2.67. The van der Waals surface area contributed by atoms with Crippen LogP contribution in [-0.2, 0) is 57.2 Å². The number of carbonyl (C=O) groups is 8. The number of hydrogen-bond acceptors (Lipinski definition) is 16. The number of ether oxygens (including phenoxy) is 6. The van der Waals surface area contributed by atoms with E-state index in [1.807, 2.05) is 0 Å². The number of nitrogens with one attached hydrogen (secondary N) is 1. The Morgan fingerprint density at radius 3 is 1.94 bits per heavy atom. The van der Waals surface area contributed by atoms with E-state index >= 15 is 9.59 Å². The Hall–Kier alpha value is -6.56. The minimum Gasteiger partial charge on any atom is -0.455 e. The molecule has 3 aliphatic carbocycles. The van der Waals surface area contributed by atoms with Crippen LogP contribution < -0.4 is 5.32 Å². The number of amides is 1. The first kappa shape index (κ1) is 50.3. The second kappa shape index (κ2) is 19.4. The Morgan fingerprint density at radius 2 is 1.39 bits per heavy atom. The van der Waals surface area contributed by atoms with Crippen LogP contribution in [0, 0.1) is 16.7 Å². The van der Waals surface area contributed by atoms with Gasteiger partial charge in [-0.2, -0.15) is 0 Å². The number of esters is 5. The maximum atomic E-state index is 15.7. The SMILES string of the molecule is CC(=O)CCC(=O)O[C@@H](C(=O)O[C@H]1C[C@@]2(O)[C@@H](OC(=O)c3ccccc3)[C@@H]3[C@]4(OC(C)=O)CO[C@@H]4C[C@H](O)[C@@]3(C)C(=O)[C@H](OC(C)=O)C(=C1C)C2(C)C)[C@@H](NC(=O)c1ccccc1)c1ccccc1. The first-order valence-corrected chi connectivity index (χ1v) is 22.8. The number of benzene rings is 3. The number of aliphatic hydroxyl groups is 2. The second-order valence-corrected chi connectivity index (χ2v) is 19.0. The lowest BCUT2D eigenvalue weighted by Crippen LogP contribution is -2.82. The molecule has 17 heteroatoms. The zero-order chi connectivity index (χ0) is 50.2. The number of ketones is 2. The van der Waals surface area contributed by atoms with Gasteiger partial charge in [0.1, 0.15) is 35.7 Å². The van der Waals surface area contributed by atoms with Gasteiger partial charge in [0, 0.05) is 44.1 Å². The molecule has 3 aromatic rings. The van der Waals surface area contributed by atoms with Crippen molar-refractivity contribution in [3.05, 3.63) is 119 Å². The number of fused-ring (bicyclic) bond motifs is 5. The van der Waals surface area contributed by atoms with Crippen molar-refractivity contribution in [1.29, 1.82) is 0 Å². The van der Waals surface area contributed by atoms with Crippen molar-refractivity contribution in [2.75, 3.05) is 6.61 Å². The van der Waals surface area contributed by atoms with Crippen molar-refractivity contribution in [2.24, 2.45) is 16.7 Å². The van der Waals surface area contributed by atoms with E-state index in [4.69, 9.17) is 28.4 Å². The fourth-order valence-electron chi connectivity index (χ4n) is 10.8. The van der Waals surface area contributed by atoms with Crippen LogP contribution in [0.2, 0.25) is 0 Å². The Kier molecular flexibility index (Phi) is 14.2. The van der Waals surface area contributed by atoms with E-state index < -0.39 is 125 Å². The highest BCUT2D eigenvalue weighted by Gasteiger charge is 2.78. The summed E-state index contributed by atoms with van der Waals surface area (Å²) >= 11 is 0. The first-order valence-electron chi connectivity index (χ1n) is 22.8. The molecule has 1 heterocycles. The summed E-state index contributed by atoms with van der Waals surface area (Å²) in [7, 11) is 0. The van der Waals surface area contributed by atoms with Crippen LogP contribution in [0.15, 0.2) is 102 Å². The van der Waals surface area contributed by atoms with Crippen LogP contribution in [0.4, 0.5) is 0 Å². The number of carbonyl (C=O) groups excluding carboxylic acids is 8. The highest BCUT2D eigenvalue weighted by Crippen LogP contribution is 2.64. The fourth-order valence-corrected chi connectivity index (χ4v) is 10.8. The average Bonchev–Trinajstić information content (AvgIpc) is 3.30. The Morgan fingerprint density at radius 1 is 0.797 bits per heavy atom. The molecule has 0 radical (unpaired) electrons. The van der Waals surface area contributed by atoms with E-state index in [1.165, 1.54) is 58.9 Å². The van der Waals surface area contributed by atoms with Gasteiger partial charge in [-0.05, 0) is 61.7 Å². The fraction of sp³-hybridized carbons (Fsp3) is 0.462. The maximum absolute atomic E-state index is 15.7. The molecule has 0 unspecified atom stereocenters. The quantitative estimate of drug-likeness (QED) is 0.113. The number of hydrogen-bond donors (Lipinski definition) is 3. The molecule has 69 heavy (non-hydrogen) atoms. The molecule has 2 saturated carbocycles. The van der Waals surface area contributed by atoms with E-state index in [0.29, 0.717) is 5.56 Å². The van der Waals surface area contributed by atoms with E-state index in [9.17, 15) is 39.0 Å². The second-order valence-electron chi connectivity index (χ2n) is 19.0. The number of Topliss-reactive ketones (excluding diaryl/α,β-unsaturated/α-hetero) is 2. The van der Waals surface area contributed by atoms with Crippen LogP contribution in [0.1, 0.15) is 106 Å². The van der Waals surface area contributed by atoms with Gasteiger partial charge in [-0.1, -0.05) is 80.6 Å². The molecule has 1 aliphatic heterocycles. The van der Waals surface area contributed by atoms with Crippen molar-refractivity contribution in [3.8, 4) is 0 Å². The zero-order valence-electron chi connectivity index (χ0n) is 39.4. The average molecular weight is 952 g/mol. The van der Waals surface area contributed by atoms with Crippen molar-refractivity contribution in [3.63, 3.8) is 0 Å².